The molecule has 188 valence electrons. The number of nitrogens with one attached hydrogen (secondary N) is 1. The Hall–Kier alpha value is -4.53. The van der Waals surface area contributed by atoms with Gasteiger partial charge in [-0.3, -0.25) is 10.1 Å². The number of nitrogens with zero attached hydrogens (tertiary/aromatic N) is 3. The number of carbonyl (C=O) groups is 2. The molecule has 9 heteroatoms. The van der Waals surface area contributed by atoms with Crippen molar-refractivity contribution < 1.29 is 23.8 Å². The summed E-state index contributed by atoms with van der Waals surface area (Å²) in [6, 6.07) is 21.2. The number of halogens is 1. The number of carbonyl (C=O) groups excluding carboxylic acids is 1. The molecule has 2 N–H and O–H groups in total. The molecule has 1 amide bonds. The van der Waals surface area contributed by atoms with E-state index in [1.807, 2.05) is 30.3 Å². The van der Waals surface area contributed by atoms with Crippen molar-refractivity contribution in [3.8, 4) is 16.8 Å². The van der Waals surface area contributed by atoms with Crippen LogP contribution >= 0.6 is 0 Å². The van der Waals surface area contributed by atoms with E-state index >= 15 is 0 Å². The second-order valence-corrected chi connectivity index (χ2v) is 9.15. The van der Waals surface area contributed by atoms with Crippen LogP contribution in [0.1, 0.15) is 42.7 Å². The molecule has 37 heavy (non-hydrogen) atoms. The Morgan fingerprint density at radius 1 is 1.05 bits per heavy atom. The number of aryl methyl sites for hydroxylation is 1. The maximum absolute atomic E-state index is 14.8. The highest BCUT2D eigenvalue weighted by Gasteiger charge is 2.53. The number of ether oxygens (including phenoxy) is 1. The summed E-state index contributed by atoms with van der Waals surface area (Å²) in [6.45, 7) is 3.51. The van der Waals surface area contributed by atoms with Gasteiger partial charge in [0.2, 0.25) is 0 Å². The molecule has 1 aliphatic rings. The summed E-state index contributed by atoms with van der Waals surface area (Å²) in [7, 11) is 0. The minimum absolute atomic E-state index is 0.225. The Morgan fingerprint density at radius 2 is 1.73 bits per heavy atom. The average Bonchev–Trinajstić information content (AvgIpc) is 3.63. The molecule has 0 saturated heterocycles. The molecule has 3 aromatic carbocycles. The molecule has 5 rings (SSSR count). The second-order valence-electron chi connectivity index (χ2n) is 9.15. The van der Waals surface area contributed by atoms with Crippen LogP contribution in [0, 0.1) is 12.7 Å². The lowest BCUT2D eigenvalue weighted by Crippen LogP contribution is -2.20. The lowest BCUT2D eigenvalue weighted by atomic mass is 9.93. The lowest BCUT2D eigenvalue weighted by molar-refractivity contribution is -0.140. The topological polar surface area (TPSA) is 106 Å². The van der Waals surface area contributed by atoms with Gasteiger partial charge in [0.25, 0.3) is 0 Å². The van der Waals surface area contributed by atoms with Gasteiger partial charge in [0, 0.05) is 5.56 Å². The molecule has 4 aromatic rings. The Kier molecular flexibility index (Phi) is 6.20. The normalized spacial score (nSPS) is 14.6. The highest BCUT2D eigenvalue weighted by molar-refractivity contribution is 5.86. The van der Waals surface area contributed by atoms with E-state index in [1.165, 1.54) is 10.7 Å². The predicted molar refractivity (Wildman–Crippen MR) is 135 cm³/mol. The van der Waals surface area contributed by atoms with E-state index < -0.39 is 29.4 Å². The van der Waals surface area contributed by atoms with E-state index in [2.05, 4.69) is 15.6 Å². The lowest BCUT2D eigenvalue weighted by Gasteiger charge is -2.15. The largest absolute Gasteiger partial charge is 0.481 e. The highest BCUT2D eigenvalue weighted by atomic mass is 19.1. The third-order valence-electron chi connectivity index (χ3n) is 6.70. The molecule has 0 unspecified atom stereocenters. The molecule has 0 radical (unpaired) electrons. The molecular weight excluding hydrogens is 475 g/mol. The molecule has 1 saturated carbocycles. The first-order valence-electron chi connectivity index (χ1n) is 11.9. The number of anilines is 1. The summed E-state index contributed by atoms with van der Waals surface area (Å²) in [5, 5.41) is 20.4. The number of amides is 1. The Balaban J connectivity index is 1.33. The van der Waals surface area contributed by atoms with E-state index in [1.54, 1.807) is 50.2 Å². The van der Waals surface area contributed by atoms with Crippen molar-refractivity contribution in [3.63, 3.8) is 0 Å². The number of benzene rings is 3. The maximum Gasteiger partial charge on any atom is 0.413 e. The van der Waals surface area contributed by atoms with E-state index in [0.717, 1.165) is 11.1 Å². The van der Waals surface area contributed by atoms with Crippen molar-refractivity contribution in [1.82, 2.24) is 15.0 Å². The number of carboxylic acid groups (broad SMARTS) is 1. The summed E-state index contributed by atoms with van der Waals surface area (Å²) in [4.78, 5) is 24.1. The predicted octanol–water partition coefficient (Wildman–Crippen LogP) is 5.81. The van der Waals surface area contributed by atoms with Crippen molar-refractivity contribution in [2.45, 2.75) is 38.2 Å². The van der Waals surface area contributed by atoms with Gasteiger partial charge in [0.15, 0.2) is 5.82 Å². The van der Waals surface area contributed by atoms with Crippen LogP contribution in [0.25, 0.3) is 16.8 Å². The van der Waals surface area contributed by atoms with Crippen LogP contribution < -0.4 is 5.32 Å². The number of rotatable bonds is 7. The van der Waals surface area contributed by atoms with Gasteiger partial charge >= 0.3 is 12.1 Å². The van der Waals surface area contributed by atoms with Crippen molar-refractivity contribution >= 4 is 17.9 Å². The van der Waals surface area contributed by atoms with Crippen LogP contribution in [0.2, 0.25) is 0 Å². The Labute approximate surface area is 212 Å². The summed E-state index contributed by atoms with van der Waals surface area (Å²) in [5.74, 6) is -1.14. The third-order valence-corrected chi connectivity index (χ3v) is 6.70. The van der Waals surface area contributed by atoms with Crippen LogP contribution in [0.5, 0.6) is 0 Å². The highest BCUT2D eigenvalue weighted by Crippen LogP contribution is 2.49. The minimum atomic E-state index is -1.10. The van der Waals surface area contributed by atoms with Crippen LogP contribution in [-0.4, -0.2) is 32.2 Å². The molecule has 0 aliphatic heterocycles. The van der Waals surface area contributed by atoms with Crippen molar-refractivity contribution in [2.75, 3.05) is 5.32 Å². The van der Waals surface area contributed by atoms with E-state index in [-0.39, 0.29) is 5.56 Å². The summed E-state index contributed by atoms with van der Waals surface area (Å²) in [6.07, 6.45) is -0.188. The Bertz CT molecular complexity index is 1460. The number of hydrogen-bond donors (Lipinski definition) is 2. The van der Waals surface area contributed by atoms with E-state index in [9.17, 15) is 19.1 Å². The molecule has 1 aromatic heterocycles. The fraction of sp³-hybridized carbons (Fsp3) is 0.214. The number of aliphatic carboxylic acids is 1. The SMILES string of the molecule is Cc1nnn(-c2ccc(-c3ccc(C4(C(=O)O)CC4)c(F)c3)cc2)c1NC(=O)O[C@H](C)c1ccccc1. The second kappa shape index (κ2) is 9.50. The van der Waals surface area contributed by atoms with Gasteiger partial charge in [-0.25, -0.2) is 9.18 Å². The molecule has 1 atom stereocenters. The molecule has 1 heterocycles. The Morgan fingerprint density at radius 3 is 2.35 bits per heavy atom. The monoisotopic (exact) mass is 500 g/mol. The summed E-state index contributed by atoms with van der Waals surface area (Å²) < 4.78 is 21.8. The van der Waals surface area contributed by atoms with Gasteiger partial charge in [-0.2, -0.15) is 4.68 Å². The minimum Gasteiger partial charge on any atom is -0.481 e. The zero-order chi connectivity index (χ0) is 26.2. The summed E-state index contributed by atoms with van der Waals surface area (Å²) >= 11 is 0. The van der Waals surface area contributed by atoms with Crippen LogP contribution in [0.15, 0.2) is 72.8 Å². The number of carboxylic acids is 1. The van der Waals surface area contributed by atoms with Crippen LogP contribution in [0.3, 0.4) is 0 Å². The number of hydrogen-bond acceptors (Lipinski definition) is 5. The first kappa shape index (κ1) is 24.2. The van der Waals surface area contributed by atoms with Crippen molar-refractivity contribution in [2.24, 2.45) is 0 Å². The van der Waals surface area contributed by atoms with Gasteiger partial charge < -0.3 is 9.84 Å². The standard InChI is InChI=1S/C28H25FN4O4/c1-17-25(30-27(36)37-18(2)19-6-4-3-5-7-19)33(32-31-17)22-11-8-20(9-12-22)21-10-13-23(24(29)16-21)28(14-15-28)26(34)35/h3-13,16,18H,14-15H2,1-2H3,(H,30,36)(H,34,35)/t18-/m1/s1. The van der Waals surface area contributed by atoms with Crippen LogP contribution in [-0.2, 0) is 14.9 Å². The molecular formula is C28H25FN4O4. The molecule has 1 aliphatic carbocycles. The van der Waals surface area contributed by atoms with E-state index in [0.29, 0.717) is 35.6 Å². The fourth-order valence-electron chi connectivity index (χ4n) is 4.36. The van der Waals surface area contributed by atoms with Gasteiger partial charge in [0.05, 0.1) is 11.1 Å². The van der Waals surface area contributed by atoms with Crippen LogP contribution in [0.4, 0.5) is 15.0 Å². The quantitative estimate of drug-likeness (QED) is 0.332. The maximum atomic E-state index is 14.8. The van der Waals surface area contributed by atoms with Crippen molar-refractivity contribution in [3.05, 3.63) is 95.4 Å². The summed E-state index contributed by atoms with van der Waals surface area (Å²) in [5.41, 5.74) is 2.52. The third kappa shape index (κ3) is 4.67. The van der Waals surface area contributed by atoms with Gasteiger partial charge in [0.1, 0.15) is 17.6 Å². The van der Waals surface area contributed by atoms with Gasteiger partial charge in [-0.05, 0) is 61.6 Å². The molecule has 8 nitrogen and oxygen atoms in total. The van der Waals surface area contributed by atoms with Gasteiger partial charge in [-0.15, -0.1) is 5.10 Å². The first-order chi connectivity index (χ1) is 17.8. The van der Waals surface area contributed by atoms with E-state index in [4.69, 9.17) is 4.74 Å². The number of aromatic nitrogens is 3. The zero-order valence-electron chi connectivity index (χ0n) is 20.3. The zero-order valence-corrected chi connectivity index (χ0v) is 20.3. The van der Waals surface area contributed by atoms with Gasteiger partial charge in [-0.1, -0.05) is 59.8 Å². The average molecular weight is 501 g/mol. The molecule has 0 bridgehead atoms. The first-order valence-corrected chi connectivity index (χ1v) is 11.9. The smallest absolute Gasteiger partial charge is 0.413 e. The molecule has 1 fully saturated rings. The van der Waals surface area contributed by atoms with Crippen molar-refractivity contribution in [1.29, 1.82) is 0 Å². The molecule has 0 spiro atoms. The fourth-order valence-corrected chi connectivity index (χ4v) is 4.36.